The van der Waals surface area contributed by atoms with Crippen LogP contribution in [0.15, 0.2) is 48.5 Å². The Bertz CT molecular complexity index is 514. The van der Waals surface area contributed by atoms with E-state index in [-0.39, 0.29) is 12.6 Å². The Morgan fingerprint density at radius 2 is 1.72 bits per heavy atom. The maximum absolute atomic E-state index is 9.45. The quantitative estimate of drug-likeness (QED) is 0.619. The number of aliphatic hydroxyl groups excluding tert-OH is 1. The Morgan fingerprint density at radius 3 is 2.33 bits per heavy atom. The van der Waals surface area contributed by atoms with Crippen LogP contribution in [-0.2, 0) is 0 Å². The first-order chi connectivity index (χ1) is 8.70. The molecular formula is C14H17N3O. The third-order valence-electron chi connectivity index (χ3n) is 2.81. The highest BCUT2D eigenvalue weighted by molar-refractivity contribution is 5.69. The van der Waals surface area contributed by atoms with Crippen LogP contribution in [0.25, 0.3) is 0 Å². The molecule has 4 nitrogen and oxygen atoms in total. The van der Waals surface area contributed by atoms with Gasteiger partial charge >= 0.3 is 0 Å². The van der Waals surface area contributed by atoms with Crippen molar-refractivity contribution in [2.24, 2.45) is 0 Å². The fraction of sp³-hybridized carbons (Fsp3) is 0.143. The predicted octanol–water partition coefficient (Wildman–Crippen LogP) is 2.00. The molecule has 0 radical (unpaired) electrons. The van der Waals surface area contributed by atoms with E-state index in [4.69, 9.17) is 11.5 Å². The number of hydrogen-bond donors (Lipinski definition) is 4. The van der Waals surface area contributed by atoms with Crippen molar-refractivity contribution in [1.82, 2.24) is 0 Å². The molecule has 0 fully saturated rings. The van der Waals surface area contributed by atoms with Crippen molar-refractivity contribution in [3.63, 3.8) is 0 Å². The van der Waals surface area contributed by atoms with Gasteiger partial charge < -0.3 is 21.9 Å². The van der Waals surface area contributed by atoms with Gasteiger partial charge in [0.25, 0.3) is 0 Å². The Labute approximate surface area is 106 Å². The van der Waals surface area contributed by atoms with E-state index in [0.717, 1.165) is 11.3 Å². The minimum absolute atomic E-state index is 0.00823. The van der Waals surface area contributed by atoms with E-state index in [2.05, 4.69) is 5.32 Å². The van der Waals surface area contributed by atoms with Crippen molar-refractivity contribution in [3.05, 3.63) is 54.1 Å². The van der Waals surface area contributed by atoms with Gasteiger partial charge in [0, 0.05) is 5.69 Å². The zero-order valence-corrected chi connectivity index (χ0v) is 10.0. The van der Waals surface area contributed by atoms with Crippen molar-refractivity contribution in [3.8, 4) is 0 Å². The summed E-state index contributed by atoms with van der Waals surface area (Å²) in [5.41, 5.74) is 14.4. The molecule has 2 rings (SSSR count). The second-order valence-corrected chi connectivity index (χ2v) is 4.13. The number of anilines is 3. The molecule has 0 saturated heterocycles. The third kappa shape index (κ3) is 2.73. The number of nitrogens with one attached hydrogen (secondary N) is 1. The van der Waals surface area contributed by atoms with Crippen LogP contribution in [-0.4, -0.2) is 11.7 Å². The fourth-order valence-electron chi connectivity index (χ4n) is 1.79. The van der Waals surface area contributed by atoms with E-state index in [1.165, 1.54) is 0 Å². The summed E-state index contributed by atoms with van der Waals surface area (Å²) in [6.07, 6.45) is 0. The Balaban J connectivity index is 2.18. The molecule has 0 aromatic heterocycles. The zero-order valence-electron chi connectivity index (χ0n) is 10.0. The molecule has 1 unspecified atom stereocenters. The molecule has 0 amide bonds. The number of aliphatic hydroxyl groups is 1. The van der Waals surface area contributed by atoms with Crippen molar-refractivity contribution in [2.45, 2.75) is 6.04 Å². The number of rotatable bonds is 4. The van der Waals surface area contributed by atoms with E-state index < -0.39 is 0 Å². The van der Waals surface area contributed by atoms with Gasteiger partial charge in [0.05, 0.1) is 24.0 Å². The van der Waals surface area contributed by atoms with Gasteiger partial charge in [-0.25, -0.2) is 0 Å². The summed E-state index contributed by atoms with van der Waals surface area (Å²) in [6, 6.07) is 15.0. The predicted molar refractivity (Wildman–Crippen MR) is 75.2 cm³/mol. The van der Waals surface area contributed by atoms with Gasteiger partial charge in [-0.2, -0.15) is 0 Å². The maximum atomic E-state index is 9.45. The number of hydrogen-bond acceptors (Lipinski definition) is 4. The van der Waals surface area contributed by atoms with Crippen LogP contribution in [0, 0.1) is 0 Å². The molecule has 0 spiro atoms. The normalized spacial score (nSPS) is 12.1. The number of nitrogen functional groups attached to an aromatic ring is 2. The summed E-state index contributed by atoms with van der Waals surface area (Å²) >= 11 is 0. The molecule has 0 aliphatic heterocycles. The van der Waals surface area contributed by atoms with E-state index in [0.29, 0.717) is 11.4 Å². The van der Waals surface area contributed by atoms with Crippen LogP contribution in [0.3, 0.4) is 0 Å². The topological polar surface area (TPSA) is 84.3 Å². The summed E-state index contributed by atoms with van der Waals surface area (Å²) in [5, 5.41) is 12.7. The van der Waals surface area contributed by atoms with Crippen LogP contribution < -0.4 is 16.8 Å². The monoisotopic (exact) mass is 243 g/mol. The fourth-order valence-corrected chi connectivity index (χ4v) is 1.79. The summed E-state index contributed by atoms with van der Waals surface area (Å²) in [4.78, 5) is 0. The van der Waals surface area contributed by atoms with Crippen molar-refractivity contribution in [2.75, 3.05) is 23.4 Å². The van der Waals surface area contributed by atoms with Crippen molar-refractivity contribution >= 4 is 17.1 Å². The minimum Gasteiger partial charge on any atom is -0.397 e. The highest BCUT2D eigenvalue weighted by atomic mass is 16.3. The third-order valence-corrected chi connectivity index (χ3v) is 2.81. The van der Waals surface area contributed by atoms with E-state index in [1.807, 2.05) is 36.4 Å². The van der Waals surface area contributed by atoms with Gasteiger partial charge in [-0.05, 0) is 23.8 Å². The molecule has 6 N–H and O–H groups in total. The first kappa shape index (κ1) is 12.3. The summed E-state index contributed by atoms with van der Waals surface area (Å²) in [7, 11) is 0. The molecule has 1 atom stereocenters. The lowest BCUT2D eigenvalue weighted by molar-refractivity contribution is 0.276. The standard InChI is InChI=1S/C14H17N3O/c15-12-7-6-11(8-13(12)16)17-14(9-18)10-4-2-1-3-5-10/h1-8,14,17-18H,9,15-16H2. The number of nitrogens with two attached hydrogens (primary N) is 2. The van der Waals surface area contributed by atoms with Crippen LogP contribution in [0.5, 0.6) is 0 Å². The summed E-state index contributed by atoms with van der Waals surface area (Å²) < 4.78 is 0. The molecule has 2 aromatic carbocycles. The molecule has 0 heterocycles. The molecular weight excluding hydrogens is 226 g/mol. The van der Waals surface area contributed by atoms with Crippen molar-refractivity contribution < 1.29 is 5.11 Å². The van der Waals surface area contributed by atoms with Crippen LogP contribution in [0.1, 0.15) is 11.6 Å². The lowest BCUT2D eigenvalue weighted by atomic mass is 10.1. The molecule has 0 aliphatic rings. The second-order valence-electron chi connectivity index (χ2n) is 4.13. The molecule has 4 heteroatoms. The highest BCUT2D eigenvalue weighted by Gasteiger charge is 2.09. The zero-order chi connectivity index (χ0) is 13.0. The van der Waals surface area contributed by atoms with E-state index in [1.54, 1.807) is 12.1 Å². The van der Waals surface area contributed by atoms with Gasteiger partial charge in [0.2, 0.25) is 0 Å². The Kier molecular flexibility index (Phi) is 3.69. The largest absolute Gasteiger partial charge is 0.397 e. The molecule has 0 saturated carbocycles. The van der Waals surface area contributed by atoms with Crippen LogP contribution in [0.2, 0.25) is 0 Å². The van der Waals surface area contributed by atoms with Crippen molar-refractivity contribution in [1.29, 1.82) is 0 Å². The van der Waals surface area contributed by atoms with E-state index in [9.17, 15) is 5.11 Å². The maximum Gasteiger partial charge on any atom is 0.0745 e. The second kappa shape index (κ2) is 5.42. The smallest absolute Gasteiger partial charge is 0.0745 e. The molecule has 0 bridgehead atoms. The Hall–Kier alpha value is -2.20. The van der Waals surface area contributed by atoms with Gasteiger partial charge in [-0.1, -0.05) is 30.3 Å². The van der Waals surface area contributed by atoms with Gasteiger partial charge in [0.15, 0.2) is 0 Å². The Morgan fingerprint density at radius 1 is 1.00 bits per heavy atom. The molecule has 0 aliphatic carbocycles. The van der Waals surface area contributed by atoms with Gasteiger partial charge in [-0.15, -0.1) is 0 Å². The average molecular weight is 243 g/mol. The molecule has 94 valence electrons. The first-order valence-electron chi connectivity index (χ1n) is 5.78. The van der Waals surface area contributed by atoms with Gasteiger partial charge in [-0.3, -0.25) is 0 Å². The van der Waals surface area contributed by atoms with Gasteiger partial charge in [0.1, 0.15) is 0 Å². The van der Waals surface area contributed by atoms with Crippen LogP contribution in [0.4, 0.5) is 17.1 Å². The summed E-state index contributed by atoms with van der Waals surface area (Å²) in [5.74, 6) is 0. The summed E-state index contributed by atoms with van der Waals surface area (Å²) in [6.45, 7) is 0.00823. The SMILES string of the molecule is Nc1ccc(NC(CO)c2ccccc2)cc1N. The highest BCUT2D eigenvalue weighted by Crippen LogP contribution is 2.23. The van der Waals surface area contributed by atoms with Crippen LogP contribution >= 0.6 is 0 Å². The number of benzene rings is 2. The van der Waals surface area contributed by atoms with E-state index >= 15 is 0 Å². The average Bonchev–Trinajstić information content (AvgIpc) is 2.41. The molecule has 2 aromatic rings. The lowest BCUT2D eigenvalue weighted by Crippen LogP contribution is -2.14. The molecule has 18 heavy (non-hydrogen) atoms. The lowest BCUT2D eigenvalue weighted by Gasteiger charge is -2.18. The first-order valence-corrected chi connectivity index (χ1v) is 5.78. The minimum atomic E-state index is -0.158.